The van der Waals surface area contributed by atoms with Crippen LogP contribution in [0, 0.1) is 5.82 Å². The first-order chi connectivity index (χ1) is 8.15. The largest absolute Gasteiger partial charge is 0.506 e. The van der Waals surface area contributed by atoms with Gasteiger partial charge in [-0.1, -0.05) is 12.1 Å². The summed E-state index contributed by atoms with van der Waals surface area (Å²) >= 11 is 0. The molecular weight excluding hydrogens is 219 g/mol. The van der Waals surface area contributed by atoms with Crippen LogP contribution in [-0.2, 0) is 6.54 Å². The molecule has 4 N–H and O–H groups in total. The number of hydrogen-bond acceptors (Lipinski definition) is 3. The molecule has 0 aliphatic carbocycles. The predicted molar refractivity (Wildman–Crippen MR) is 66.2 cm³/mol. The van der Waals surface area contributed by atoms with E-state index in [9.17, 15) is 9.50 Å². The first kappa shape index (κ1) is 11.3. The summed E-state index contributed by atoms with van der Waals surface area (Å²) in [5, 5.41) is 12.3. The average molecular weight is 232 g/mol. The van der Waals surface area contributed by atoms with Gasteiger partial charge in [0, 0.05) is 12.2 Å². The molecule has 4 heteroatoms. The third-order valence-electron chi connectivity index (χ3n) is 2.41. The van der Waals surface area contributed by atoms with E-state index < -0.39 is 0 Å². The van der Waals surface area contributed by atoms with Crippen LogP contribution in [0.2, 0.25) is 0 Å². The van der Waals surface area contributed by atoms with E-state index in [0.29, 0.717) is 17.9 Å². The molecule has 0 aliphatic heterocycles. The number of benzene rings is 2. The van der Waals surface area contributed by atoms with Gasteiger partial charge >= 0.3 is 0 Å². The third-order valence-corrected chi connectivity index (χ3v) is 2.41. The Morgan fingerprint density at radius 1 is 1.18 bits per heavy atom. The minimum atomic E-state index is -0.278. The molecule has 0 heterocycles. The second-order valence-electron chi connectivity index (χ2n) is 3.76. The van der Waals surface area contributed by atoms with E-state index in [1.165, 1.54) is 18.2 Å². The Kier molecular flexibility index (Phi) is 3.14. The fourth-order valence-corrected chi connectivity index (χ4v) is 1.52. The molecule has 88 valence electrons. The van der Waals surface area contributed by atoms with E-state index in [4.69, 9.17) is 5.73 Å². The minimum absolute atomic E-state index is 0.0690. The van der Waals surface area contributed by atoms with Gasteiger partial charge < -0.3 is 16.2 Å². The fraction of sp³-hybridized carbons (Fsp3) is 0.0769. The molecular formula is C13H13FN2O. The maximum Gasteiger partial charge on any atom is 0.138 e. The fourth-order valence-electron chi connectivity index (χ4n) is 1.52. The third kappa shape index (κ3) is 2.87. The molecule has 0 spiro atoms. The number of anilines is 2. The quantitative estimate of drug-likeness (QED) is 0.563. The molecule has 0 unspecified atom stereocenters. The van der Waals surface area contributed by atoms with E-state index in [0.717, 1.165) is 5.56 Å². The van der Waals surface area contributed by atoms with Gasteiger partial charge in [-0.2, -0.15) is 0 Å². The molecule has 0 atom stereocenters. The zero-order chi connectivity index (χ0) is 12.3. The Morgan fingerprint density at radius 3 is 2.71 bits per heavy atom. The number of aromatic hydroxyl groups is 1. The summed E-state index contributed by atoms with van der Waals surface area (Å²) in [4.78, 5) is 0. The van der Waals surface area contributed by atoms with Crippen LogP contribution in [0.4, 0.5) is 15.8 Å². The van der Waals surface area contributed by atoms with Crippen molar-refractivity contribution in [2.24, 2.45) is 0 Å². The van der Waals surface area contributed by atoms with Gasteiger partial charge in [-0.15, -0.1) is 0 Å². The average Bonchev–Trinajstić information content (AvgIpc) is 2.31. The van der Waals surface area contributed by atoms with Crippen LogP contribution in [0.25, 0.3) is 0 Å². The molecule has 0 bridgehead atoms. The van der Waals surface area contributed by atoms with Gasteiger partial charge in [0.2, 0.25) is 0 Å². The normalized spacial score (nSPS) is 10.2. The SMILES string of the molecule is Nc1cc(CNc2cccc(F)c2)ccc1O. The zero-order valence-corrected chi connectivity index (χ0v) is 9.15. The molecule has 0 radical (unpaired) electrons. The van der Waals surface area contributed by atoms with Gasteiger partial charge in [0.1, 0.15) is 11.6 Å². The summed E-state index contributed by atoms with van der Waals surface area (Å²) in [7, 11) is 0. The summed E-state index contributed by atoms with van der Waals surface area (Å²) in [5.41, 5.74) is 7.54. The number of nitrogens with one attached hydrogen (secondary N) is 1. The number of rotatable bonds is 3. The van der Waals surface area contributed by atoms with Gasteiger partial charge in [-0.25, -0.2) is 4.39 Å². The van der Waals surface area contributed by atoms with Gasteiger partial charge in [0.15, 0.2) is 0 Å². The maximum absolute atomic E-state index is 12.9. The van der Waals surface area contributed by atoms with Gasteiger partial charge in [-0.3, -0.25) is 0 Å². The number of nitrogens with two attached hydrogens (primary N) is 1. The smallest absolute Gasteiger partial charge is 0.138 e. The van der Waals surface area contributed by atoms with Gasteiger partial charge in [0.25, 0.3) is 0 Å². The van der Waals surface area contributed by atoms with Crippen LogP contribution in [0.15, 0.2) is 42.5 Å². The zero-order valence-electron chi connectivity index (χ0n) is 9.15. The number of nitrogen functional groups attached to an aromatic ring is 1. The summed E-state index contributed by atoms with van der Waals surface area (Å²) in [6, 6.07) is 11.2. The highest BCUT2D eigenvalue weighted by atomic mass is 19.1. The Labute approximate surface area is 98.7 Å². The minimum Gasteiger partial charge on any atom is -0.506 e. The van der Waals surface area contributed by atoms with E-state index in [1.807, 2.05) is 0 Å². The second-order valence-corrected chi connectivity index (χ2v) is 3.76. The Morgan fingerprint density at radius 2 is 2.00 bits per heavy atom. The molecule has 3 nitrogen and oxygen atoms in total. The molecule has 2 aromatic carbocycles. The van der Waals surface area contributed by atoms with Crippen LogP contribution in [0.1, 0.15) is 5.56 Å². The summed E-state index contributed by atoms with van der Waals surface area (Å²) in [6.45, 7) is 0.522. The van der Waals surface area contributed by atoms with E-state index in [1.54, 1.807) is 24.3 Å². The first-order valence-electron chi connectivity index (χ1n) is 5.22. The van der Waals surface area contributed by atoms with Crippen molar-refractivity contribution in [3.63, 3.8) is 0 Å². The molecule has 0 saturated heterocycles. The number of halogens is 1. The maximum atomic E-state index is 12.9. The van der Waals surface area contributed by atoms with Crippen LogP contribution in [-0.4, -0.2) is 5.11 Å². The molecule has 0 amide bonds. The van der Waals surface area contributed by atoms with Crippen LogP contribution < -0.4 is 11.1 Å². The van der Waals surface area contributed by atoms with Gasteiger partial charge in [0.05, 0.1) is 5.69 Å². The monoisotopic (exact) mass is 232 g/mol. The molecule has 0 saturated carbocycles. The summed E-state index contributed by atoms with van der Waals surface area (Å²) in [6.07, 6.45) is 0. The van der Waals surface area contributed by atoms with E-state index in [-0.39, 0.29) is 11.6 Å². The standard InChI is InChI=1S/C13H13FN2O/c14-10-2-1-3-11(7-10)16-8-9-4-5-13(17)12(15)6-9/h1-7,16-17H,8,15H2. The van der Waals surface area contributed by atoms with Crippen molar-refractivity contribution in [2.45, 2.75) is 6.54 Å². The lowest BCUT2D eigenvalue weighted by Crippen LogP contribution is -2.00. The molecule has 2 rings (SSSR count). The highest BCUT2D eigenvalue weighted by molar-refractivity contribution is 5.54. The van der Waals surface area contributed by atoms with Crippen molar-refractivity contribution in [1.82, 2.24) is 0 Å². The van der Waals surface area contributed by atoms with Gasteiger partial charge in [-0.05, 0) is 35.9 Å². The van der Waals surface area contributed by atoms with Crippen molar-refractivity contribution < 1.29 is 9.50 Å². The number of phenols is 1. The predicted octanol–water partition coefficient (Wildman–Crippen LogP) is 2.73. The molecule has 0 aromatic heterocycles. The Balaban J connectivity index is 2.05. The lowest BCUT2D eigenvalue weighted by molar-refractivity contribution is 0.478. The van der Waals surface area contributed by atoms with Crippen LogP contribution in [0.3, 0.4) is 0 Å². The van der Waals surface area contributed by atoms with Crippen molar-refractivity contribution in [1.29, 1.82) is 0 Å². The summed E-state index contributed by atoms with van der Waals surface area (Å²) < 4.78 is 12.9. The number of hydrogen-bond donors (Lipinski definition) is 3. The van der Waals surface area contributed by atoms with Crippen LogP contribution >= 0.6 is 0 Å². The lowest BCUT2D eigenvalue weighted by Gasteiger charge is -2.07. The van der Waals surface area contributed by atoms with Crippen molar-refractivity contribution >= 4 is 11.4 Å². The van der Waals surface area contributed by atoms with Crippen LogP contribution in [0.5, 0.6) is 5.75 Å². The second kappa shape index (κ2) is 4.74. The first-order valence-corrected chi connectivity index (χ1v) is 5.22. The van der Waals surface area contributed by atoms with Crippen molar-refractivity contribution in [3.8, 4) is 5.75 Å². The van der Waals surface area contributed by atoms with E-state index in [2.05, 4.69) is 5.32 Å². The van der Waals surface area contributed by atoms with Crippen molar-refractivity contribution in [3.05, 3.63) is 53.8 Å². The number of phenolic OH excluding ortho intramolecular Hbond substituents is 1. The Bertz CT molecular complexity index is 529. The molecule has 17 heavy (non-hydrogen) atoms. The molecule has 0 fully saturated rings. The van der Waals surface area contributed by atoms with E-state index >= 15 is 0 Å². The van der Waals surface area contributed by atoms with Crippen molar-refractivity contribution in [2.75, 3.05) is 11.1 Å². The molecule has 2 aromatic rings. The molecule has 0 aliphatic rings. The highest BCUT2D eigenvalue weighted by Crippen LogP contribution is 2.21. The lowest BCUT2D eigenvalue weighted by atomic mass is 10.2. The highest BCUT2D eigenvalue weighted by Gasteiger charge is 1.99. The Hall–Kier alpha value is -2.23. The topological polar surface area (TPSA) is 58.3 Å². The summed E-state index contributed by atoms with van der Waals surface area (Å²) in [5.74, 6) is -0.209.